The van der Waals surface area contributed by atoms with Crippen LogP contribution in [0.5, 0.6) is 5.75 Å². The Hall–Kier alpha value is -2.63. The van der Waals surface area contributed by atoms with Gasteiger partial charge in [-0.1, -0.05) is 29.8 Å². The van der Waals surface area contributed by atoms with Crippen LogP contribution in [0.1, 0.15) is 46.1 Å². The molecule has 0 radical (unpaired) electrons. The van der Waals surface area contributed by atoms with Gasteiger partial charge in [0.25, 0.3) is 0 Å². The topological polar surface area (TPSA) is 127 Å². The van der Waals surface area contributed by atoms with Crippen LogP contribution in [0.3, 0.4) is 0 Å². The highest BCUT2D eigenvalue weighted by Crippen LogP contribution is 2.38. The lowest BCUT2D eigenvalue weighted by Crippen LogP contribution is -2.64. The summed E-state index contributed by atoms with van der Waals surface area (Å²) in [4.78, 5) is 27.0. The highest BCUT2D eigenvalue weighted by molar-refractivity contribution is 6.35. The lowest BCUT2D eigenvalue weighted by atomic mass is 9.93. The van der Waals surface area contributed by atoms with Crippen LogP contribution in [-0.2, 0) is 19.0 Å². The van der Waals surface area contributed by atoms with Gasteiger partial charge in [0, 0.05) is 20.6 Å². The maximum atomic E-state index is 13.2. The molecule has 0 aromatic heterocycles. The summed E-state index contributed by atoms with van der Waals surface area (Å²) < 4.78 is 22.5. The van der Waals surface area contributed by atoms with Gasteiger partial charge in [-0.25, -0.2) is 4.79 Å². The first kappa shape index (κ1) is 29.9. The second-order valence-electron chi connectivity index (χ2n) is 10.2. The fraction of sp³-hybridized carbons (Fsp3) is 0.556. The SMILES string of the molecule is COc1cc2cc(c1Cl)N(C)C(=O)C[C@H](O)C(C)(C)O[C@H](C)[C@@H]1C[C@@](O)(NC(=O)O1)[C@H](OC)/C=C/C=C2C. The summed E-state index contributed by atoms with van der Waals surface area (Å²) >= 11 is 6.56. The van der Waals surface area contributed by atoms with Crippen molar-refractivity contribution in [2.75, 3.05) is 26.2 Å². The van der Waals surface area contributed by atoms with Crippen molar-refractivity contribution in [1.29, 1.82) is 0 Å². The molecule has 38 heavy (non-hydrogen) atoms. The van der Waals surface area contributed by atoms with E-state index in [1.807, 2.05) is 6.92 Å². The van der Waals surface area contributed by atoms with E-state index >= 15 is 0 Å². The number of anilines is 1. The molecule has 4 bridgehead atoms. The number of hydrogen-bond acceptors (Lipinski definition) is 8. The molecule has 3 N–H and O–H groups in total. The van der Waals surface area contributed by atoms with E-state index in [4.69, 9.17) is 30.5 Å². The number of ether oxygens (including phenoxy) is 4. The number of aliphatic hydroxyl groups is 2. The monoisotopic (exact) mass is 552 g/mol. The molecular weight excluding hydrogens is 516 g/mol. The van der Waals surface area contributed by atoms with Crippen molar-refractivity contribution in [1.82, 2.24) is 5.32 Å². The Morgan fingerprint density at radius 1 is 1.24 bits per heavy atom. The maximum absolute atomic E-state index is 13.2. The summed E-state index contributed by atoms with van der Waals surface area (Å²) in [5.74, 6) is -0.0146. The van der Waals surface area contributed by atoms with Crippen LogP contribution in [0.25, 0.3) is 5.57 Å². The molecule has 0 spiro atoms. The third-order valence-electron chi connectivity index (χ3n) is 7.06. The molecule has 1 saturated heterocycles. The molecule has 2 amide bonds. The smallest absolute Gasteiger partial charge is 0.409 e. The maximum Gasteiger partial charge on any atom is 0.409 e. The quantitative estimate of drug-likeness (QED) is 0.509. The summed E-state index contributed by atoms with van der Waals surface area (Å²) in [7, 11) is 4.48. The normalized spacial score (nSPS) is 31.3. The first-order chi connectivity index (χ1) is 17.7. The van der Waals surface area contributed by atoms with Crippen molar-refractivity contribution in [2.45, 2.75) is 76.3 Å². The van der Waals surface area contributed by atoms with Crippen LogP contribution >= 0.6 is 11.6 Å². The van der Waals surface area contributed by atoms with Gasteiger partial charge in [0.2, 0.25) is 5.91 Å². The number of hydrogen-bond donors (Lipinski definition) is 3. The summed E-state index contributed by atoms with van der Waals surface area (Å²) in [6.45, 7) is 6.82. The average molecular weight is 553 g/mol. The number of amides is 2. The van der Waals surface area contributed by atoms with E-state index in [2.05, 4.69) is 5.32 Å². The number of carbonyl (C=O) groups excluding carboxylic acids is 2. The third kappa shape index (κ3) is 6.32. The number of alkyl carbamates (subject to hydrolysis) is 1. The first-order valence-corrected chi connectivity index (χ1v) is 12.7. The van der Waals surface area contributed by atoms with Crippen molar-refractivity contribution < 1.29 is 38.7 Å². The highest BCUT2D eigenvalue weighted by Gasteiger charge is 2.47. The second kappa shape index (κ2) is 11.6. The minimum Gasteiger partial charge on any atom is -0.495 e. The van der Waals surface area contributed by atoms with Crippen LogP contribution < -0.4 is 15.0 Å². The molecule has 2 aliphatic heterocycles. The number of carbonyl (C=O) groups is 2. The third-order valence-corrected chi connectivity index (χ3v) is 7.44. The van der Waals surface area contributed by atoms with Gasteiger partial charge in [0.05, 0.1) is 37.0 Å². The van der Waals surface area contributed by atoms with Crippen LogP contribution in [0.15, 0.2) is 30.4 Å². The lowest BCUT2D eigenvalue weighted by Gasteiger charge is -2.43. The zero-order valence-corrected chi connectivity index (χ0v) is 23.5. The fourth-order valence-corrected chi connectivity index (χ4v) is 4.85. The van der Waals surface area contributed by atoms with E-state index in [9.17, 15) is 19.8 Å². The van der Waals surface area contributed by atoms with Gasteiger partial charge < -0.3 is 34.1 Å². The van der Waals surface area contributed by atoms with E-state index in [0.29, 0.717) is 11.4 Å². The Morgan fingerprint density at radius 3 is 2.55 bits per heavy atom. The molecule has 0 unspecified atom stereocenters. The molecular formula is C27H37ClN2O8. The van der Waals surface area contributed by atoms with Crippen molar-refractivity contribution in [3.63, 3.8) is 0 Å². The summed E-state index contributed by atoms with van der Waals surface area (Å²) in [6.07, 6.45) is 0.273. The Balaban J connectivity index is 2.13. The molecule has 5 atom stereocenters. The van der Waals surface area contributed by atoms with Gasteiger partial charge in [0.15, 0.2) is 5.72 Å². The standard InChI is InChI=1S/C27H37ClN2O8/c1-15-9-8-10-22(36-7)27(34)14-20(37-25(33)29-27)16(2)38-26(3,4)21(31)13-23(32)30(5)18-11-17(15)12-19(35-6)24(18)28/h8-12,16,20-22,31,34H,13-14H2,1-7H3,(H,29,33)/b10-8+,15-9?/t16-,20+,21+,22-,27+/m1/s1. The van der Waals surface area contributed by atoms with Gasteiger partial charge in [-0.05, 0) is 51.0 Å². The molecule has 2 aliphatic rings. The van der Waals surface area contributed by atoms with Gasteiger partial charge in [-0.3, -0.25) is 10.1 Å². The van der Waals surface area contributed by atoms with Gasteiger partial charge in [-0.2, -0.15) is 0 Å². The molecule has 1 aromatic rings. The van der Waals surface area contributed by atoms with E-state index in [0.717, 1.165) is 11.1 Å². The average Bonchev–Trinajstić information content (AvgIpc) is 2.84. The number of aliphatic hydroxyl groups excluding tert-OH is 1. The number of nitrogens with one attached hydrogen (secondary N) is 1. The number of halogens is 1. The lowest BCUT2D eigenvalue weighted by molar-refractivity contribution is -0.191. The van der Waals surface area contributed by atoms with E-state index in [1.54, 1.807) is 58.2 Å². The van der Waals surface area contributed by atoms with Crippen LogP contribution in [0.4, 0.5) is 10.5 Å². The Morgan fingerprint density at radius 2 is 1.92 bits per heavy atom. The van der Waals surface area contributed by atoms with Crippen molar-refractivity contribution in [2.24, 2.45) is 0 Å². The summed E-state index contributed by atoms with van der Waals surface area (Å²) in [6, 6.07) is 3.51. The molecule has 210 valence electrons. The number of rotatable bonds is 2. The van der Waals surface area contributed by atoms with Crippen LogP contribution in [0, 0.1) is 0 Å². The van der Waals surface area contributed by atoms with Crippen molar-refractivity contribution in [3.8, 4) is 5.75 Å². The predicted octanol–water partition coefficient (Wildman–Crippen LogP) is 3.42. The highest BCUT2D eigenvalue weighted by atomic mass is 35.5. The van der Waals surface area contributed by atoms with Crippen molar-refractivity contribution in [3.05, 3.63) is 40.9 Å². The Labute approximate surface area is 228 Å². The van der Waals surface area contributed by atoms with E-state index < -0.39 is 47.7 Å². The first-order valence-electron chi connectivity index (χ1n) is 12.3. The van der Waals surface area contributed by atoms with E-state index in [-0.39, 0.29) is 17.9 Å². The number of methoxy groups -OCH3 is 2. The molecule has 0 saturated carbocycles. The summed E-state index contributed by atoms with van der Waals surface area (Å²) in [5, 5.41) is 25.1. The molecule has 1 fully saturated rings. The van der Waals surface area contributed by atoms with Gasteiger partial charge >= 0.3 is 6.09 Å². The van der Waals surface area contributed by atoms with E-state index in [1.165, 1.54) is 19.1 Å². The number of nitrogens with zero attached hydrogens (tertiary/aromatic N) is 1. The fourth-order valence-electron chi connectivity index (χ4n) is 4.54. The van der Waals surface area contributed by atoms with Crippen LogP contribution in [-0.4, -0.2) is 79.2 Å². The van der Waals surface area contributed by atoms with Crippen LogP contribution in [0.2, 0.25) is 5.02 Å². The zero-order valence-electron chi connectivity index (χ0n) is 22.8. The minimum atomic E-state index is -1.78. The summed E-state index contributed by atoms with van der Waals surface area (Å²) in [5.41, 5.74) is -1.04. The molecule has 3 rings (SSSR count). The molecule has 11 heteroatoms. The molecule has 10 nitrogen and oxygen atoms in total. The van der Waals surface area contributed by atoms with Gasteiger partial charge in [0.1, 0.15) is 23.0 Å². The minimum absolute atomic E-state index is 0.0446. The second-order valence-corrected chi connectivity index (χ2v) is 10.6. The molecule has 1 aromatic carbocycles. The number of allylic oxidation sites excluding steroid dienone is 3. The Kier molecular flexibility index (Phi) is 9.16. The zero-order chi connectivity index (χ0) is 28.4. The number of benzene rings is 1. The van der Waals surface area contributed by atoms with Gasteiger partial charge in [-0.15, -0.1) is 0 Å². The number of fused-ring (bicyclic) bond motifs is 4. The molecule has 2 heterocycles. The predicted molar refractivity (Wildman–Crippen MR) is 143 cm³/mol. The largest absolute Gasteiger partial charge is 0.495 e. The van der Waals surface area contributed by atoms with Crippen molar-refractivity contribution >= 4 is 34.9 Å². The molecule has 0 aliphatic carbocycles. The Bertz CT molecular complexity index is 1120.